The van der Waals surface area contributed by atoms with Crippen LogP contribution in [0.4, 0.5) is 0 Å². The molecule has 1 aromatic heterocycles. The van der Waals surface area contributed by atoms with Crippen molar-refractivity contribution in [3.05, 3.63) is 57.8 Å². The fraction of sp³-hybridized carbons (Fsp3) is 0.375. The summed E-state index contributed by atoms with van der Waals surface area (Å²) in [7, 11) is 0. The quantitative estimate of drug-likeness (QED) is 0.806. The number of thioether (sulfide) groups is 1. The molecule has 0 fully saturated rings. The van der Waals surface area contributed by atoms with Crippen molar-refractivity contribution in [1.29, 1.82) is 0 Å². The Morgan fingerprint density at radius 3 is 2.81 bits per heavy atom. The van der Waals surface area contributed by atoms with Gasteiger partial charge in [0.25, 0.3) is 5.56 Å². The monoisotopic (exact) mass is 303 g/mol. The van der Waals surface area contributed by atoms with Crippen molar-refractivity contribution in [1.82, 2.24) is 15.3 Å². The number of H-pyrrole nitrogens is 1. The van der Waals surface area contributed by atoms with Gasteiger partial charge in [0.2, 0.25) is 0 Å². The Bertz CT molecular complexity index is 652. The van der Waals surface area contributed by atoms with Gasteiger partial charge in [-0.25, -0.2) is 4.98 Å². The van der Waals surface area contributed by atoms with Crippen LogP contribution < -0.4 is 10.9 Å². The maximum atomic E-state index is 11.7. The summed E-state index contributed by atoms with van der Waals surface area (Å²) in [6.45, 7) is 6.84. The topological polar surface area (TPSA) is 57.8 Å². The van der Waals surface area contributed by atoms with Gasteiger partial charge in [0.05, 0.1) is 11.4 Å². The van der Waals surface area contributed by atoms with Gasteiger partial charge < -0.3 is 10.3 Å². The maximum Gasteiger partial charge on any atom is 0.251 e. The number of aryl methyl sites for hydroxylation is 1. The second-order valence-electron chi connectivity index (χ2n) is 5.27. The standard InChI is InChI=1S/C16H21N3OS/c1-11(2)17-9-13-8-16(20)19-15(18-13)10-21-14-7-5-4-6-12(14)3/h4-8,11,17H,9-10H2,1-3H3,(H,18,19,20). The van der Waals surface area contributed by atoms with E-state index in [-0.39, 0.29) is 5.56 Å². The lowest BCUT2D eigenvalue weighted by atomic mass is 10.2. The van der Waals surface area contributed by atoms with Crippen LogP contribution in [0.3, 0.4) is 0 Å². The van der Waals surface area contributed by atoms with Crippen molar-refractivity contribution in [3.8, 4) is 0 Å². The first kappa shape index (κ1) is 15.8. The van der Waals surface area contributed by atoms with Crippen molar-refractivity contribution >= 4 is 11.8 Å². The predicted molar refractivity (Wildman–Crippen MR) is 87.6 cm³/mol. The second-order valence-corrected chi connectivity index (χ2v) is 6.29. The molecule has 0 aliphatic heterocycles. The fourth-order valence-electron chi connectivity index (χ4n) is 1.90. The zero-order valence-electron chi connectivity index (χ0n) is 12.6. The van der Waals surface area contributed by atoms with Gasteiger partial charge in [-0.15, -0.1) is 11.8 Å². The maximum absolute atomic E-state index is 11.7. The summed E-state index contributed by atoms with van der Waals surface area (Å²) in [6, 6.07) is 10.1. The first-order valence-corrected chi connectivity index (χ1v) is 8.04. The minimum Gasteiger partial charge on any atom is -0.310 e. The normalized spacial score (nSPS) is 11.0. The molecule has 2 N–H and O–H groups in total. The van der Waals surface area contributed by atoms with E-state index in [9.17, 15) is 4.79 Å². The van der Waals surface area contributed by atoms with E-state index < -0.39 is 0 Å². The molecule has 2 aromatic rings. The molecule has 0 atom stereocenters. The third kappa shape index (κ3) is 5.02. The van der Waals surface area contributed by atoms with Crippen LogP contribution in [0, 0.1) is 6.92 Å². The molecule has 0 amide bonds. The zero-order chi connectivity index (χ0) is 15.2. The Morgan fingerprint density at radius 2 is 2.10 bits per heavy atom. The first-order valence-electron chi connectivity index (χ1n) is 7.05. The van der Waals surface area contributed by atoms with Gasteiger partial charge >= 0.3 is 0 Å². The Hall–Kier alpha value is -1.59. The number of hydrogen-bond acceptors (Lipinski definition) is 4. The van der Waals surface area contributed by atoms with Crippen LogP contribution in [0.15, 0.2) is 40.0 Å². The number of aromatic amines is 1. The number of benzene rings is 1. The second kappa shape index (κ2) is 7.43. The van der Waals surface area contributed by atoms with E-state index in [1.165, 1.54) is 10.5 Å². The lowest BCUT2D eigenvalue weighted by Gasteiger charge is -2.09. The predicted octanol–water partition coefficient (Wildman–Crippen LogP) is 2.87. The number of rotatable bonds is 6. The summed E-state index contributed by atoms with van der Waals surface area (Å²) in [5.74, 6) is 1.38. The van der Waals surface area contributed by atoms with Gasteiger partial charge in [-0.2, -0.15) is 0 Å². The molecule has 5 heteroatoms. The molecule has 2 rings (SSSR count). The summed E-state index contributed by atoms with van der Waals surface area (Å²) in [4.78, 5) is 20.2. The van der Waals surface area contributed by atoms with Gasteiger partial charge in [0.15, 0.2) is 0 Å². The minimum atomic E-state index is -0.0917. The Morgan fingerprint density at radius 1 is 1.33 bits per heavy atom. The highest BCUT2D eigenvalue weighted by Gasteiger charge is 2.04. The van der Waals surface area contributed by atoms with E-state index >= 15 is 0 Å². The lowest BCUT2D eigenvalue weighted by molar-refractivity contribution is 0.579. The highest BCUT2D eigenvalue weighted by atomic mass is 32.2. The Balaban J connectivity index is 2.06. The van der Waals surface area contributed by atoms with E-state index in [1.54, 1.807) is 17.8 Å². The molecule has 1 aromatic carbocycles. The number of aromatic nitrogens is 2. The molecule has 21 heavy (non-hydrogen) atoms. The summed E-state index contributed by atoms with van der Waals surface area (Å²) in [5.41, 5.74) is 1.93. The third-order valence-electron chi connectivity index (χ3n) is 2.99. The Labute approximate surface area is 129 Å². The van der Waals surface area contributed by atoms with Gasteiger partial charge in [0, 0.05) is 23.5 Å². The van der Waals surface area contributed by atoms with Crippen LogP contribution in [0.2, 0.25) is 0 Å². The van der Waals surface area contributed by atoms with Crippen molar-refractivity contribution in [2.45, 2.75) is 44.0 Å². The molecule has 0 unspecified atom stereocenters. The molecule has 112 valence electrons. The summed E-state index contributed by atoms with van der Waals surface area (Å²) in [6.07, 6.45) is 0. The van der Waals surface area contributed by atoms with Gasteiger partial charge in [-0.05, 0) is 18.6 Å². The molecule has 0 aliphatic rings. The molecule has 0 saturated carbocycles. The van der Waals surface area contributed by atoms with Crippen LogP contribution in [0.1, 0.15) is 30.9 Å². The average molecular weight is 303 g/mol. The van der Waals surface area contributed by atoms with Crippen molar-refractivity contribution in [2.75, 3.05) is 0 Å². The number of hydrogen-bond donors (Lipinski definition) is 2. The smallest absolute Gasteiger partial charge is 0.251 e. The number of nitrogens with one attached hydrogen (secondary N) is 2. The molecule has 0 saturated heterocycles. The van der Waals surface area contributed by atoms with E-state index in [2.05, 4.69) is 48.2 Å². The molecule has 0 spiro atoms. The van der Waals surface area contributed by atoms with Crippen molar-refractivity contribution < 1.29 is 0 Å². The van der Waals surface area contributed by atoms with Gasteiger partial charge in [0.1, 0.15) is 5.82 Å². The van der Waals surface area contributed by atoms with Gasteiger partial charge in [-0.3, -0.25) is 4.79 Å². The molecule has 0 aliphatic carbocycles. The third-order valence-corrected chi connectivity index (χ3v) is 4.18. The van der Waals surface area contributed by atoms with Crippen LogP contribution in [0.5, 0.6) is 0 Å². The minimum absolute atomic E-state index is 0.0917. The molecule has 0 radical (unpaired) electrons. The van der Waals surface area contributed by atoms with Crippen LogP contribution in [0.25, 0.3) is 0 Å². The summed E-state index contributed by atoms with van der Waals surface area (Å²) >= 11 is 1.69. The molecular weight excluding hydrogens is 282 g/mol. The van der Waals surface area contributed by atoms with Crippen molar-refractivity contribution in [3.63, 3.8) is 0 Å². The SMILES string of the molecule is Cc1ccccc1SCc1nc(CNC(C)C)cc(=O)[nH]1. The van der Waals surface area contributed by atoms with E-state index in [0.29, 0.717) is 18.3 Å². The van der Waals surface area contributed by atoms with E-state index in [0.717, 1.165) is 11.5 Å². The average Bonchev–Trinajstić information content (AvgIpc) is 2.44. The molecule has 4 nitrogen and oxygen atoms in total. The lowest BCUT2D eigenvalue weighted by Crippen LogP contribution is -2.24. The highest BCUT2D eigenvalue weighted by Crippen LogP contribution is 2.24. The Kier molecular flexibility index (Phi) is 5.59. The summed E-state index contributed by atoms with van der Waals surface area (Å²) in [5, 5.41) is 3.28. The van der Waals surface area contributed by atoms with Crippen molar-refractivity contribution in [2.24, 2.45) is 0 Å². The first-order chi connectivity index (χ1) is 10.0. The molecule has 0 bridgehead atoms. The highest BCUT2D eigenvalue weighted by molar-refractivity contribution is 7.98. The van der Waals surface area contributed by atoms with Gasteiger partial charge in [-0.1, -0.05) is 32.0 Å². The van der Waals surface area contributed by atoms with E-state index in [1.807, 2.05) is 12.1 Å². The van der Waals surface area contributed by atoms with E-state index in [4.69, 9.17) is 0 Å². The molecule has 1 heterocycles. The summed E-state index contributed by atoms with van der Waals surface area (Å²) < 4.78 is 0. The molecular formula is C16H21N3OS. The van der Waals surface area contributed by atoms with Crippen LogP contribution in [-0.4, -0.2) is 16.0 Å². The number of nitrogens with zero attached hydrogens (tertiary/aromatic N) is 1. The van der Waals surface area contributed by atoms with Crippen LogP contribution in [-0.2, 0) is 12.3 Å². The fourth-order valence-corrected chi connectivity index (χ4v) is 2.79. The zero-order valence-corrected chi connectivity index (χ0v) is 13.5. The van der Waals surface area contributed by atoms with Crippen LogP contribution >= 0.6 is 11.8 Å². The largest absolute Gasteiger partial charge is 0.310 e.